The molecule has 0 bridgehead atoms. The monoisotopic (exact) mass is 397 g/mol. The predicted molar refractivity (Wildman–Crippen MR) is 109 cm³/mol. The number of carbonyl (C=O) groups excluding carboxylic acids is 1. The second-order valence-electron chi connectivity index (χ2n) is 6.43. The second-order valence-corrected chi connectivity index (χ2v) is 6.43. The molecule has 2 heterocycles. The number of carbonyl (C=O) groups is 1. The first-order valence-corrected chi connectivity index (χ1v) is 9.39. The summed E-state index contributed by atoms with van der Waals surface area (Å²) in [6.07, 6.45) is 2.04. The van der Waals surface area contributed by atoms with Crippen molar-refractivity contribution in [3.8, 4) is 11.4 Å². The number of amides is 1. The topological polar surface area (TPSA) is 108 Å². The molecule has 9 heteroatoms. The zero-order valence-electron chi connectivity index (χ0n) is 16.4. The van der Waals surface area contributed by atoms with Crippen LogP contribution in [0.1, 0.15) is 13.3 Å². The summed E-state index contributed by atoms with van der Waals surface area (Å²) in [6.45, 7) is 3.09. The van der Waals surface area contributed by atoms with Crippen molar-refractivity contribution < 1.29 is 9.53 Å². The molecule has 2 aromatic heterocycles. The Hall–Kier alpha value is -3.33. The summed E-state index contributed by atoms with van der Waals surface area (Å²) < 4.78 is 7.36. The van der Waals surface area contributed by atoms with Crippen molar-refractivity contribution >= 4 is 16.9 Å². The maximum Gasteiger partial charge on any atom is 0.332 e. The number of nitrogens with zero attached hydrogens (tertiary/aromatic N) is 4. The van der Waals surface area contributed by atoms with Crippen molar-refractivity contribution in [3.05, 3.63) is 57.4 Å². The standard InChI is InChI=1S/C20H23N5O4/c1-3-29-11-7-10-21-16(26)13-25-19(27)15-12-22-17(14-8-5-4-6-9-14)23-18(15)24(2)20(25)28/h4-6,8-9,12H,3,7,10-11,13H2,1-2H3,(H,21,26). The summed E-state index contributed by atoms with van der Waals surface area (Å²) in [5.74, 6) is -0.000774. The van der Waals surface area contributed by atoms with Gasteiger partial charge < -0.3 is 10.1 Å². The Morgan fingerprint density at radius 3 is 2.69 bits per heavy atom. The van der Waals surface area contributed by atoms with Crippen LogP contribution in [0.5, 0.6) is 0 Å². The van der Waals surface area contributed by atoms with E-state index in [1.807, 2.05) is 37.3 Å². The molecule has 3 aromatic rings. The van der Waals surface area contributed by atoms with Gasteiger partial charge in [-0.15, -0.1) is 0 Å². The molecule has 0 atom stereocenters. The number of nitrogens with one attached hydrogen (secondary N) is 1. The van der Waals surface area contributed by atoms with Gasteiger partial charge in [0.2, 0.25) is 5.91 Å². The molecule has 0 saturated carbocycles. The Labute approximate surface area is 167 Å². The van der Waals surface area contributed by atoms with Gasteiger partial charge in [0.1, 0.15) is 11.9 Å². The minimum Gasteiger partial charge on any atom is -0.382 e. The summed E-state index contributed by atoms with van der Waals surface area (Å²) >= 11 is 0. The molecule has 152 valence electrons. The number of ether oxygens (including phenoxy) is 1. The van der Waals surface area contributed by atoms with Crippen LogP contribution >= 0.6 is 0 Å². The molecule has 0 saturated heterocycles. The largest absolute Gasteiger partial charge is 0.382 e. The van der Waals surface area contributed by atoms with Gasteiger partial charge in [-0.3, -0.25) is 18.7 Å². The van der Waals surface area contributed by atoms with E-state index >= 15 is 0 Å². The lowest BCUT2D eigenvalue weighted by molar-refractivity contribution is -0.121. The van der Waals surface area contributed by atoms with E-state index in [1.54, 1.807) is 0 Å². The molecule has 0 spiro atoms. The van der Waals surface area contributed by atoms with Gasteiger partial charge in [-0.05, 0) is 13.3 Å². The van der Waals surface area contributed by atoms with Crippen LogP contribution in [0.15, 0.2) is 46.1 Å². The van der Waals surface area contributed by atoms with Gasteiger partial charge >= 0.3 is 5.69 Å². The van der Waals surface area contributed by atoms with Crippen molar-refractivity contribution in [1.29, 1.82) is 0 Å². The molecule has 0 fully saturated rings. The SMILES string of the molecule is CCOCCCNC(=O)Cn1c(=O)c2cnc(-c3ccccc3)nc2n(C)c1=O. The number of aromatic nitrogens is 4. The molecule has 9 nitrogen and oxygen atoms in total. The van der Waals surface area contributed by atoms with Crippen molar-refractivity contribution in [2.24, 2.45) is 7.05 Å². The van der Waals surface area contributed by atoms with Gasteiger partial charge in [-0.1, -0.05) is 30.3 Å². The van der Waals surface area contributed by atoms with Crippen LogP contribution in [0.4, 0.5) is 0 Å². The molecular weight excluding hydrogens is 374 g/mol. The Bertz CT molecular complexity index is 1120. The van der Waals surface area contributed by atoms with Gasteiger partial charge in [0.05, 0.1) is 0 Å². The molecule has 1 amide bonds. The van der Waals surface area contributed by atoms with Crippen LogP contribution in [-0.2, 0) is 23.1 Å². The number of hydrogen-bond acceptors (Lipinski definition) is 6. The number of aryl methyl sites for hydroxylation is 1. The van der Waals surface area contributed by atoms with E-state index in [-0.39, 0.29) is 17.6 Å². The first-order chi connectivity index (χ1) is 14.0. The Morgan fingerprint density at radius 1 is 1.21 bits per heavy atom. The molecule has 0 unspecified atom stereocenters. The van der Waals surface area contributed by atoms with Crippen molar-refractivity contribution in [2.75, 3.05) is 19.8 Å². The summed E-state index contributed by atoms with van der Waals surface area (Å²) in [7, 11) is 1.52. The Balaban J connectivity index is 1.87. The fraction of sp³-hybridized carbons (Fsp3) is 0.350. The van der Waals surface area contributed by atoms with Crippen LogP contribution in [0, 0.1) is 0 Å². The molecule has 0 aliphatic heterocycles. The fourth-order valence-corrected chi connectivity index (χ4v) is 2.89. The first kappa shape index (κ1) is 20.4. The van der Waals surface area contributed by atoms with E-state index in [0.717, 1.165) is 10.1 Å². The minimum atomic E-state index is -0.607. The van der Waals surface area contributed by atoms with Crippen molar-refractivity contribution in [2.45, 2.75) is 19.9 Å². The average molecular weight is 397 g/mol. The van der Waals surface area contributed by atoms with Crippen molar-refractivity contribution in [3.63, 3.8) is 0 Å². The van der Waals surface area contributed by atoms with Crippen LogP contribution < -0.4 is 16.6 Å². The maximum atomic E-state index is 12.8. The molecular formula is C20H23N5O4. The van der Waals surface area contributed by atoms with E-state index < -0.39 is 17.2 Å². The van der Waals surface area contributed by atoms with Crippen LogP contribution in [0.25, 0.3) is 22.4 Å². The van der Waals surface area contributed by atoms with Gasteiger partial charge in [0.15, 0.2) is 11.5 Å². The summed E-state index contributed by atoms with van der Waals surface area (Å²) in [6, 6.07) is 9.27. The molecule has 3 rings (SSSR count). The number of benzene rings is 1. The Kier molecular flexibility index (Phi) is 6.50. The second kappa shape index (κ2) is 9.24. The van der Waals surface area contributed by atoms with E-state index in [1.165, 1.54) is 17.8 Å². The van der Waals surface area contributed by atoms with Crippen LogP contribution in [-0.4, -0.2) is 44.8 Å². The molecule has 0 aliphatic carbocycles. The minimum absolute atomic E-state index is 0.177. The van der Waals surface area contributed by atoms with E-state index in [0.29, 0.717) is 32.0 Å². The zero-order chi connectivity index (χ0) is 20.8. The highest BCUT2D eigenvalue weighted by atomic mass is 16.5. The normalized spacial score (nSPS) is 11.0. The van der Waals surface area contributed by atoms with Gasteiger partial charge in [-0.25, -0.2) is 14.8 Å². The highest BCUT2D eigenvalue weighted by Crippen LogP contribution is 2.15. The van der Waals surface area contributed by atoms with E-state index in [4.69, 9.17) is 4.74 Å². The third-order valence-electron chi connectivity index (χ3n) is 4.41. The third-order valence-corrected chi connectivity index (χ3v) is 4.41. The molecule has 0 radical (unpaired) electrons. The lowest BCUT2D eigenvalue weighted by Crippen LogP contribution is -2.43. The fourth-order valence-electron chi connectivity index (χ4n) is 2.89. The lowest BCUT2D eigenvalue weighted by atomic mass is 10.2. The molecule has 29 heavy (non-hydrogen) atoms. The number of fused-ring (bicyclic) bond motifs is 1. The smallest absolute Gasteiger partial charge is 0.332 e. The summed E-state index contributed by atoms with van der Waals surface area (Å²) in [5, 5.41) is 2.86. The summed E-state index contributed by atoms with van der Waals surface area (Å²) in [4.78, 5) is 46.2. The third kappa shape index (κ3) is 4.57. The maximum absolute atomic E-state index is 12.8. The lowest BCUT2D eigenvalue weighted by Gasteiger charge is -2.11. The van der Waals surface area contributed by atoms with E-state index in [2.05, 4.69) is 15.3 Å². The summed E-state index contributed by atoms with van der Waals surface area (Å²) in [5.41, 5.74) is -0.198. The molecule has 0 aliphatic rings. The average Bonchev–Trinajstić information content (AvgIpc) is 2.75. The molecule has 1 aromatic carbocycles. The number of hydrogen-bond donors (Lipinski definition) is 1. The zero-order valence-corrected chi connectivity index (χ0v) is 16.4. The highest BCUT2D eigenvalue weighted by Gasteiger charge is 2.16. The van der Waals surface area contributed by atoms with Gasteiger partial charge in [-0.2, -0.15) is 0 Å². The highest BCUT2D eigenvalue weighted by molar-refractivity contribution is 5.78. The molecule has 1 N–H and O–H groups in total. The predicted octanol–water partition coefficient (Wildman–Crippen LogP) is 0.700. The number of rotatable bonds is 8. The first-order valence-electron chi connectivity index (χ1n) is 9.39. The Morgan fingerprint density at radius 2 is 1.97 bits per heavy atom. The van der Waals surface area contributed by atoms with Gasteiger partial charge in [0.25, 0.3) is 5.56 Å². The van der Waals surface area contributed by atoms with E-state index in [9.17, 15) is 14.4 Å². The quantitative estimate of drug-likeness (QED) is 0.561. The van der Waals surface area contributed by atoms with Crippen molar-refractivity contribution in [1.82, 2.24) is 24.4 Å². The van der Waals surface area contributed by atoms with Crippen LogP contribution in [0.3, 0.4) is 0 Å². The van der Waals surface area contributed by atoms with Gasteiger partial charge in [0, 0.05) is 38.6 Å². The van der Waals surface area contributed by atoms with Crippen LogP contribution in [0.2, 0.25) is 0 Å².